The quantitative estimate of drug-likeness (QED) is 0.688. The van der Waals surface area contributed by atoms with Crippen LogP contribution in [0.25, 0.3) is 0 Å². The molecular weight excluding hydrogens is 294 g/mol. The number of hydrazone groups is 1. The molecule has 1 aromatic heterocycles. The van der Waals surface area contributed by atoms with Crippen molar-refractivity contribution in [3.05, 3.63) is 23.7 Å². The molecule has 6 heteroatoms. The number of hydrogen-bond acceptors (Lipinski definition) is 4. The van der Waals surface area contributed by atoms with Gasteiger partial charge < -0.3 is 9.73 Å². The van der Waals surface area contributed by atoms with Gasteiger partial charge in [-0.25, -0.2) is 4.79 Å². The third kappa shape index (κ3) is 2.46. The third-order valence-corrected chi connectivity index (χ3v) is 5.27. The maximum absolute atomic E-state index is 12.6. The lowest BCUT2D eigenvalue weighted by atomic mass is 9.82. The van der Waals surface area contributed by atoms with E-state index in [1.165, 1.54) is 6.21 Å². The minimum atomic E-state index is -0.732. The highest BCUT2D eigenvalue weighted by Gasteiger charge is 2.51. The molecule has 2 atom stereocenters. The molecule has 3 amide bonds. The minimum Gasteiger partial charge on any atom is -0.460 e. The molecular formula is C17H21N3O3. The van der Waals surface area contributed by atoms with Crippen molar-refractivity contribution in [1.29, 1.82) is 0 Å². The molecule has 2 saturated carbocycles. The summed E-state index contributed by atoms with van der Waals surface area (Å²) in [7, 11) is 0. The van der Waals surface area contributed by atoms with Crippen LogP contribution in [0.3, 0.4) is 0 Å². The molecule has 1 spiro atoms. The van der Waals surface area contributed by atoms with Crippen LogP contribution in [0.1, 0.15) is 62.9 Å². The van der Waals surface area contributed by atoms with Crippen molar-refractivity contribution in [2.45, 2.75) is 56.9 Å². The van der Waals surface area contributed by atoms with E-state index in [0.29, 0.717) is 30.4 Å². The molecule has 0 aromatic carbocycles. The van der Waals surface area contributed by atoms with Crippen LogP contribution in [-0.2, 0) is 4.79 Å². The van der Waals surface area contributed by atoms with Crippen LogP contribution in [0.2, 0.25) is 0 Å². The predicted octanol–water partition coefficient (Wildman–Crippen LogP) is 2.99. The molecule has 1 saturated heterocycles. The van der Waals surface area contributed by atoms with Crippen LogP contribution in [0, 0.1) is 5.92 Å². The van der Waals surface area contributed by atoms with Gasteiger partial charge in [-0.3, -0.25) is 4.79 Å². The van der Waals surface area contributed by atoms with Crippen LogP contribution in [0.4, 0.5) is 4.79 Å². The second-order valence-corrected chi connectivity index (χ2v) is 6.99. The Labute approximate surface area is 134 Å². The number of furan rings is 1. The Balaban J connectivity index is 1.48. The zero-order valence-electron chi connectivity index (χ0n) is 13.2. The molecule has 3 aliphatic rings. The molecule has 2 heterocycles. The maximum atomic E-state index is 12.6. The van der Waals surface area contributed by atoms with Gasteiger partial charge in [-0.05, 0) is 37.3 Å². The van der Waals surface area contributed by atoms with Crippen molar-refractivity contribution in [2.75, 3.05) is 0 Å². The molecule has 0 unspecified atom stereocenters. The number of imide groups is 1. The van der Waals surface area contributed by atoms with E-state index in [4.69, 9.17) is 4.42 Å². The van der Waals surface area contributed by atoms with E-state index in [1.54, 1.807) is 0 Å². The highest BCUT2D eigenvalue weighted by Crippen LogP contribution is 2.47. The van der Waals surface area contributed by atoms with Crippen LogP contribution < -0.4 is 5.32 Å². The second-order valence-electron chi connectivity index (χ2n) is 6.99. The first-order valence-electron chi connectivity index (χ1n) is 8.39. The van der Waals surface area contributed by atoms with Gasteiger partial charge in [0.25, 0.3) is 5.91 Å². The number of amides is 3. The molecule has 2 aliphatic carbocycles. The summed E-state index contributed by atoms with van der Waals surface area (Å²) in [6, 6.07) is 3.35. The Kier molecular flexibility index (Phi) is 3.28. The van der Waals surface area contributed by atoms with E-state index >= 15 is 0 Å². The number of carbonyl (C=O) groups excluding carboxylic acids is 2. The highest BCUT2D eigenvalue weighted by molar-refractivity contribution is 6.07. The lowest BCUT2D eigenvalue weighted by Gasteiger charge is -2.29. The molecule has 23 heavy (non-hydrogen) atoms. The SMILES string of the molecule is C[C@@H]1C[C@H]1c1ccc(/C=N\N2C(=O)NC3(CCCCC3)C2=O)o1. The van der Waals surface area contributed by atoms with Crippen molar-refractivity contribution in [1.82, 2.24) is 10.3 Å². The number of nitrogens with one attached hydrogen (secondary N) is 1. The van der Waals surface area contributed by atoms with Crippen molar-refractivity contribution in [3.8, 4) is 0 Å². The fourth-order valence-electron chi connectivity index (χ4n) is 3.68. The maximum Gasteiger partial charge on any atom is 0.346 e. The number of nitrogens with zero attached hydrogens (tertiary/aromatic N) is 2. The first kappa shape index (κ1) is 14.5. The number of hydrogen-bond donors (Lipinski definition) is 1. The predicted molar refractivity (Wildman–Crippen MR) is 84.0 cm³/mol. The molecule has 122 valence electrons. The normalized spacial score (nSPS) is 29.5. The topological polar surface area (TPSA) is 74.9 Å². The van der Waals surface area contributed by atoms with Gasteiger partial charge >= 0.3 is 6.03 Å². The van der Waals surface area contributed by atoms with Gasteiger partial charge in [0.05, 0.1) is 6.21 Å². The van der Waals surface area contributed by atoms with Crippen molar-refractivity contribution < 1.29 is 14.0 Å². The van der Waals surface area contributed by atoms with E-state index in [0.717, 1.165) is 36.5 Å². The monoisotopic (exact) mass is 315 g/mol. The van der Waals surface area contributed by atoms with Crippen molar-refractivity contribution in [3.63, 3.8) is 0 Å². The Bertz CT molecular complexity index is 672. The zero-order chi connectivity index (χ0) is 16.0. The molecule has 3 fully saturated rings. The Morgan fingerprint density at radius 2 is 2.04 bits per heavy atom. The highest BCUT2D eigenvalue weighted by atomic mass is 16.3. The molecule has 1 aromatic rings. The second kappa shape index (κ2) is 5.22. The molecule has 6 nitrogen and oxygen atoms in total. The van der Waals surface area contributed by atoms with Gasteiger partial charge in [-0.15, -0.1) is 5.01 Å². The summed E-state index contributed by atoms with van der Waals surface area (Å²) in [5, 5.41) is 7.86. The number of rotatable bonds is 3. The van der Waals surface area contributed by atoms with Crippen LogP contribution in [-0.4, -0.2) is 28.7 Å². The Morgan fingerprint density at radius 1 is 1.30 bits per heavy atom. The average molecular weight is 315 g/mol. The number of carbonyl (C=O) groups is 2. The summed E-state index contributed by atoms with van der Waals surface area (Å²) in [6.45, 7) is 2.19. The van der Waals surface area contributed by atoms with Crippen LogP contribution in [0.5, 0.6) is 0 Å². The summed E-state index contributed by atoms with van der Waals surface area (Å²) in [6.07, 6.45) is 7.05. The van der Waals surface area contributed by atoms with Crippen molar-refractivity contribution in [2.24, 2.45) is 11.0 Å². The van der Waals surface area contributed by atoms with Gasteiger partial charge in [0.2, 0.25) is 0 Å². The first-order chi connectivity index (χ1) is 11.1. The minimum absolute atomic E-state index is 0.235. The molecule has 1 N–H and O–H groups in total. The van der Waals surface area contributed by atoms with E-state index < -0.39 is 11.6 Å². The third-order valence-electron chi connectivity index (χ3n) is 5.27. The lowest BCUT2D eigenvalue weighted by molar-refractivity contribution is -0.132. The lowest BCUT2D eigenvalue weighted by Crippen LogP contribution is -2.48. The molecule has 1 aliphatic heterocycles. The van der Waals surface area contributed by atoms with E-state index in [2.05, 4.69) is 17.3 Å². The summed E-state index contributed by atoms with van der Waals surface area (Å²) in [5.74, 6) is 2.47. The van der Waals surface area contributed by atoms with Gasteiger partial charge in [0.15, 0.2) is 0 Å². The van der Waals surface area contributed by atoms with E-state index in [-0.39, 0.29) is 5.91 Å². The van der Waals surface area contributed by atoms with Gasteiger partial charge in [0.1, 0.15) is 17.1 Å². The number of urea groups is 1. The smallest absolute Gasteiger partial charge is 0.346 e. The van der Waals surface area contributed by atoms with Gasteiger partial charge in [-0.1, -0.05) is 26.2 Å². The molecule has 4 rings (SSSR count). The first-order valence-corrected chi connectivity index (χ1v) is 8.39. The zero-order valence-corrected chi connectivity index (χ0v) is 13.2. The van der Waals surface area contributed by atoms with Crippen molar-refractivity contribution >= 4 is 18.2 Å². The van der Waals surface area contributed by atoms with Gasteiger partial charge in [0, 0.05) is 5.92 Å². The summed E-state index contributed by atoms with van der Waals surface area (Å²) in [5.41, 5.74) is -0.732. The standard InChI is InChI=1S/C17H21N3O3/c1-11-9-13(11)14-6-5-12(23-14)10-18-20-15(21)17(19-16(20)22)7-3-2-4-8-17/h5-6,10-11,13H,2-4,7-9H2,1H3,(H,19,22)/b18-10-/t11-,13-/m1/s1. The Hall–Kier alpha value is -2.11. The van der Waals surface area contributed by atoms with Gasteiger partial charge in [-0.2, -0.15) is 5.10 Å². The average Bonchev–Trinajstić information content (AvgIpc) is 3.01. The summed E-state index contributed by atoms with van der Waals surface area (Å²) >= 11 is 0. The molecule has 0 radical (unpaired) electrons. The van der Waals surface area contributed by atoms with E-state index in [9.17, 15) is 9.59 Å². The largest absolute Gasteiger partial charge is 0.460 e. The van der Waals surface area contributed by atoms with E-state index in [1.807, 2.05) is 12.1 Å². The Morgan fingerprint density at radius 3 is 2.74 bits per heavy atom. The van der Waals surface area contributed by atoms with Crippen LogP contribution in [0.15, 0.2) is 21.7 Å². The summed E-state index contributed by atoms with van der Waals surface area (Å²) < 4.78 is 5.73. The fraction of sp³-hybridized carbons (Fsp3) is 0.588. The van der Waals surface area contributed by atoms with Crippen LogP contribution >= 0.6 is 0 Å². The summed E-state index contributed by atoms with van der Waals surface area (Å²) in [4.78, 5) is 24.7. The fourth-order valence-corrected chi connectivity index (χ4v) is 3.68. The molecule has 0 bridgehead atoms.